The predicted octanol–water partition coefficient (Wildman–Crippen LogP) is 1.91. The molecule has 0 saturated carbocycles. The van der Waals surface area contributed by atoms with E-state index in [0.717, 1.165) is 0 Å². The van der Waals surface area contributed by atoms with E-state index in [1.165, 1.54) is 13.2 Å². The summed E-state index contributed by atoms with van der Waals surface area (Å²) in [5.74, 6) is -1.39. The van der Waals surface area contributed by atoms with E-state index in [-0.39, 0.29) is 10.8 Å². The van der Waals surface area contributed by atoms with E-state index in [1.54, 1.807) is 7.05 Å². The Labute approximate surface area is 86.5 Å². The lowest BCUT2D eigenvalue weighted by atomic mass is 10.2. The summed E-state index contributed by atoms with van der Waals surface area (Å²) in [4.78, 5) is 0. The number of nitrogens with one attached hydrogen (secondary N) is 1. The number of benzene rings is 1. The standard InChI is InChI=1S/C9H11ClFNO2/c1-12-4-5-3-6(10)9(14-2)7(11)8(5)13/h3,12-13H,4H2,1-2H3. The molecule has 2 N–H and O–H groups in total. The zero-order valence-corrected chi connectivity index (χ0v) is 8.65. The minimum atomic E-state index is -0.828. The highest BCUT2D eigenvalue weighted by Gasteiger charge is 2.16. The van der Waals surface area contributed by atoms with Crippen LogP contribution in [0, 0.1) is 5.82 Å². The van der Waals surface area contributed by atoms with Gasteiger partial charge in [-0.05, 0) is 13.1 Å². The number of phenolic OH excluding ortho intramolecular Hbond substituents is 1. The number of ether oxygens (including phenoxy) is 1. The first-order valence-corrected chi connectivity index (χ1v) is 4.38. The van der Waals surface area contributed by atoms with E-state index < -0.39 is 11.6 Å². The normalized spacial score (nSPS) is 10.3. The molecule has 0 atom stereocenters. The third-order valence-electron chi connectivity index (χ3n) is 1.80. The molecule has 0 aliphatic rings. The van der Waals surface area contributed by atoms with Crippen LogP contribution in [0.5, 0.6) is 11.5 Å². The van der Waals surface area contributed by atoms with Crippen LogP contribution in [0.15, 0.2) is 6.07 Å². The summed E-state index contributed by atoms with van der Waals surface area (Å²) in [7, 11) is 2.98. The second-order valence-corrected chi connectivity index (χ2v) is 3.15. The van der Waals surface area contributed by atoms with E-state index in [4.69, 9.17) is 16.3 Å². The molecule has 0 unspecified atom stereocenters. The Morgan fingerprint density at radius 2 is 2.29 bits per heavy atom. The summed E-state index contributed by atoms with van der Waals surface area (Å²) >= 11 is 5.74. The van der Waals surface area contributed by atoms with Crippen LogP contribution >= 0.6 is 11.6 Å². The zero-order valence-electron chi connectivity index (χ0n) is 7.90. The Hall–Kier alpha value is -1.00. The Balaban J connectivity index is 3.25. The van der Waals surface area contributed by atoms with Crippen molar-refractivity contribution in [2.45, 2.75) is 6.54 Å². The summed E-state index contributed by atoms with van der Waals surface area (Å²) < 4.78 is 18.1. The minimum absolute atomic E-state index is 0.135. The highest BCUT2D eigenvalue weighted by molar-refractivity contribution is 6.32. The molecule has 0 aliphatic carbocycles. The number of hydrogen-bond donors (Lipinski definition) is 2. The molecule has 1 rings (SSSR count). The second kappa shape index (κ2) is 4.48. The van der Waals surface area contributed by atoms with Crippen molar-refractivity contribution in [1.82, 2.24) is 5.32 Å². The van der Waals surface area contributed by atoms with Crippen LogP contribution in [0.1, 0.15) is 5.56 Å². The first-order valence-electron chi connectivity index (χ1n) is 4.00. The molecule has 0 aliphatic heterocycles. The third-order valence-corrected chi connectivity index (χ3v) is 2.08. The van der Waals surface area contributed by atoms with Crippen molar-refractivity contribution in [2.75, 3.05) is 14.2 Å². The Bertz CT molecular complexity index is 344. The molecular formula is C9H11ClFNO2. The van der Waals surface area contributed by atoms with Crippen LogP contribution in [0.3, 0.4) is 0 Å². The third kappa shape index (κ3) is 1.91. The number of methoxy groups -OCH3 is 1. The first-order chi connectivity index (χ1) is 6.61. The number of aromatic hydroxyl groups is 1. The average Bonchev–Trinajstić information content (AvgIpc) is 2.15. The molecule has 14 heavy (non-hydrogen) atoms. The molecule has 0 saturated heterocycles. The fourth-order valence-electron chi connectivity index (χ4n) is 1.15. The summed E-state index contributed by atoms with van der Waals surface area (Å²) in [6.45, 7) is 0.340. The molecule has 0 heterocycles. The van der Waals surface area contributed by atoms with Gasteiger partial charge in [-0.15, -0.1) is 0 Å². The van der Waals surface area contributed by atoms with Crippen molar-refractivity contribution in [1.29, 1.82) is 0 Å². The Kier molecular flexibility index (Phi) is 3.55. The van der Waals surface area contributed by atoms with Crippen LogP contribution < -0.4 is 10.1 Å². The molecule has 0 amide bonds. The van der Waals surface area contributed by atoms with Gasteiger partial charge in [0.1, 0.15) is 0 Å². The second-order valence-electron chi connectivity index (χ2n) is 2.74. The Morgan fingerprint density at radius 1 is 1.64 bits per heavy atom. The zero-order chi connectivity index (χ0) is 10.7. The van der Waals surface area contributed by atoms with E-state index in [9.17, 15) is 9.50 Å². The molecule has 0 fully saturated rings. The topological polar surface area (TPSA) is 41.5 Å². The lowest BCUT2D eigenvalue weighted by Gasteiger charge is -2.10. The minimum Gasteiger partial charge on any atom is -0.504 e. The van der Waals surface area contributed by atoms with Gasteiger partial charge in [0.05, 0.1) is 12.1 Å². The largest absolute Gasteiger partial charge is 0.504 e. The molecule has 0 radical (unpaired) electrons. The number of hydrogen-bond acceptors (Lipinski definition) is 3. The smallest absolute Gasteiger partial charge is 0.208 e. The molecule has 78 valence electrons. The van der Waals surface area contributed by atoms with E-state index >= 15 is 0 Å². The highest BCUT2D eigenvalue weighted by Crippen LogP contribution is 2.36. The van der Waals surface area contributed by atoms with E-state index in [0.29, 0.717) is 12.1 Å². The lowest BCUT2D eigenvalue weighted by molar-refractivity contribution is 0.362. The van der Waals surface area contributed by atoms with Crippen LogP contribution in [0.2, 0.25) is 5.02 Å². The predicted molar refractivity (Wildman–Crippen MR) is 52.4 cm³/mol. The molecule has 0 bridgehead atoms. The van der Waals surface area contributed by atoms with Crippen molar-refractivity contribution < 1.29 is 14.2 Å². The van der Waals surface area contributed by atoms with Crippen LogP contribution in [0.4, 0.5) is 4.39 Å². The van der Waals surface area contributed by atoms with Gasteiger partial charge < -0.3 is 15.2 Å². The Morgan fingerprint density at radius 3 is 2.79 bits per heavy atom. The molecule has 1 aromatic rings. The monoisotopic (exact) mass is 219 g/mol. The average molecular weight is 220 g/mol. The summed E-state index contributed by atoms with van der Waals surface area (Å²) in [5, 5.41) is 12.3. The quantitative estimate of drug-likeness (QED) is 0.816. The highest BCUT2D eigenvalue weighted by atomic mass is 35.5. The van der Waals surface area contributed by atoms with E-state index in [2.05, 4.69) is 5.32 Å². The molecule has 1 aromatic carbocycles. The first kappa shape index (κ1) is 11.1. The van der Waals surface area contributed by atoms with Gasteiger partial charge in [0, 0.05) is 12.1 Å². The summed E-state index contributed by atoms with van der Waals surface area (Å²) in [6.07, 6.45) is 0. The maximum atomic E-state index is 13.4. The van der Waals surface area contributed by atoms with Crippen molar-refractivity contribution in [3.63, 3.8) is 0 Å². The summed E-state index contributed by atoms with van der Waals surface area (Å²) in [5.41, 5.74) is 0.399. The number of halogens is 2. The molecular weight excluding hydrogens is 209 g/mol. The van der Waals surface area contributed by atoms with Crippen LogP contribution in [0.25, 0.3) is 0 Å². The van der Waals surface area contributed by atoms with Gasteiger partial charge in [-0.2, -0.15) is 4.39 Å². The lowest BCUT2D eigenvalue weighted by Crippen LogP contribution is -2.06. The summed E-state index contributed by atoms with van der Waals surface area (Å²) in [6, 6.07) is 1.47. The van der Waals surface area contributed by atoms with E-state index in [1.807, 2.05) is 0 Å². The van der Waals surface area contributed by atoms with Gasteiger partial charge >= 0.3 is 0 Å². The van der Waals surface area contributed by atoms with Crippen molar-refractivity contribution in [3.8, 4) is 11.5 Å². The fraction of sp³-hybridized carbons (Fsp3) is 0.333. The number of phenols is 1. The number of rotatable bonds is 3. The van der Waals surface area contributed by atoms with Gasteiger partial charge in [0.25, 0.3) is 0 Å². The molecule has 0 spiro atoms. The van der Waals surface area contributed by atoms with Gasteiger partial charge in [0.15, 0.2) is 11.5 Å². The van der Waals surface area contributed by atoms with Gasteiger partial charge in [-0.25, -0.2) is 0 Å². The van der Waals surface area contributed by atoms with Crippen molar-refractivity contribution >= 4 is 11.6 Å². The van der Waals surface area contributed by atoms with Crippen molar-refractivity contribution in [2.24, 2.45) is 0 Å². The maximum Gasteiger partial charge on any atom is 0.208 e. The SMILES string of the molecule is CNCc1cc(Cl)c(OC)c(F)c1O. The van der Waals surface area contributed by atoms with Crippen LogP contribution in [-0.2, 0) is 6.54 Å². The van der Waals surface area contributed by atoms with Gasteiger partial charge in [-0.1, -0.05) is 11.6 Å². The molecule has 5 heteroatoms. The fourth-order valence-corrected chi connectivity index (χ4v) is 1.44. The molecule has 0 aromatic heterocycles. The van der Waals surface area contributed by atoms with Gasteiger partial charge in [-0.3, -0.25) is 0 Å². The molecule has 3 nitrogen and oxygen atoms in total. The van der Waals surface area contributed by atoms with Crippen molar-refractivity contribution in [3.05, 3.63) is 22.5 Å². The maximum absolute atomic E-state index is 13.4. The van der Waals surface area contributed by atoms with Gasteiger partial charge in [0.2, 0.25) is 5.82 Å². The van der Waals surface area contributed by atoms with Crippen LogP contribution in [-0.4, -0.2) is 19.3 Å².